The Hall–Kier alpha value is -0.487. The number of fused-ring (bicyclic) bond motifs is 1. The third-order valence-corrected chi connectivity index (χ3v) is 5.65. The summed E-state index contributed by atoms with van der Waals surface area (Å²) in [4.78, 5) is 0. The van der Waals surface area contributed by atoms with Crippen molar-refractivity contribution in [2.24, 2.45) is 0 Å². The van der Waals surface area contributed by atoms with Gasteiger partial charge in [0.2, 0.25) is 0 Å². The second-order valence-electron chi connectivity index (χ2n) is 8.67. The number of hydrogen-bond donors (Lipinski definition) is 0. The molecule has 3 heteroatoms. The summed E-state index contributed by atoms with van der Waals surface area (Å²) in [6, 6.07) is 16.7. The van der Waals surface area contributed by atoms with E-state index in [0.29, 0.717) is 17.8 Å². The van der Waals surface area contributed by atoms with Crippen LogP contribution in [0, 0.1) is 0 Å². The first kappa shape index (κ1) is 24.8. The van der Waals surface area contributed by atoms with Crippen molar-refractivity contribution in [1.82, 2.24) is 0 Å². The molecule has 0 saturated heterocycles. The third kappa shape index (κ3) is 6.03. The summed E-state index contributed by atoms with van der Waals surface area (Å²) >= 11 is -0.826. The third-order valence-electron chi connectivity index (χ3n) is 5.65. The van der Waals surface area contributed by atoms with Gasteiger partial charge >= 0.3 is 37.9 Å². The molecule has 0 radical (unpaired) electrons. The number of hydrogen-bond acceptors (Lipinski definition) is 0. The van der Waals surface area contributed by atoms with Crippen LogP contribution >= 0.6 is 17.0 Å². The monoisotopic (exact) mass is 505 g/mol. The first-order valence-electron chi connectivity index (χ1n) is 10.6. The molecular formula is C26H33Cl2Zr-. The number of rotatable bonds is 5. The van der Waals surface area contributed by atoms with Gasteiger partial charge in [-0.25, -0.2) is 0 Å². The Morgan fingerprint density at radius 2 is 1.38 bits per heavy atom. The van der Waals surface area contributed by atoms with Gasteiger partial charge in [0, 0.05) is 0 Å². The van der Waals surface area contributed by atoms with Gasteiger partial charge in [-0.15, -0.1) is 34.5 Å². The van der Waals surface area contributed by atoms with Crippen LogP contribution in [0.1, 0.15) is 88.5 Å². The Morgan fingerprint density at radius 1 is 0.828 bits per heavy atom. The van der Waals surface area contributed by atoms with Crippen molar-refractivity contribution in [1.29, 1.82) is 0 Å². The topological polar surface area (TPSA) is 0 Å². The summed E-state index contributed by atoms with van der Waals surface area (Å²) in [5.41, 5.74) is 8.62. The Kier molecular flexibility index (Phi) is 9.59. The van der Waals surface area contributed by atoms with Crippen molar-refractivity contribution in [3.8, 4) is 11.1 Å². The Labute approximate surface area is 196 Å². The van der Waals surface area contributed by atoms with E-state index in [0.717, 1.165) is 6.42 Å². The maximum atomic E-state index is 4.93. The summed E-state index contributed by atoms with van der Waals surface area (Å²) in [5, 5.41) is 2.80. The maximum absolute atomic E-state index is 4.93. The molecule has 0 aliphatic heterocycles. The van der Waals surface area contributed by atoms with E-state index >= 15 is 0 Å². The molecule has 0 aromatic heterocycles. The summed E-state index contributed by atoms with van der Waals surface area (Å²) in [7, 11) is 9.87. The van der Waals surface area contributed by atoms with Gasteiger partial charge in [-0.2, -0.15) is 6.07 Å². The van der Waals surface area contributed by atoms with Crippen molar-refractivity contribution in [3.05, 3.63) is 64.7 Å². The average Bonchev–Trinajstić information content (AvgIpc) is 3.11. The van der Waals surface area contributed by atoms with Crippen LogP contribution in [0.3, 0.4) is 0 Å². The fourth-order valence-electron chi connectivity index (χ4n) is 3.81. The van der Waals surface area contributed by atoms with E-state index in [1.165, 1.54) is 44.2 Å². The van der Waals surface area contributed by atoms with Gasteiger partial charge in [-0.3, -0.25) is 0 Å². The molecule has 3 rings (SSSR count). The van der Waals surface area contributed by atoms with Gasteiger partial charge in [-0.1, -0.05) is 77.8 Å². The van der Waals surface area contributed by atoms with Crippen molar-refractivity contribution in [3.63, 3.8) is 0 Å². The van der Waals surface area contributed by atoms with Gasteiger partial charge in [0.15, 0.2) is 0 Å². The SMILES string of the molecule is CCc1ccc2[cH-]c(C(C)C)cc2c1-c1cc(C(C)C)cc(C(C)C)c1.[Cl][Zr][Cl]. The van der Waals surface area contributed by atoms with E-state index in [4.69, 9.17) is 17.0 Å². The van der Waals surface area contributed by atoms with Crippen LogP contribution in [0.2, 0.25) is 0 Å². The summed E-state index contributed by atoms with van der Waals surface area (Å²) in [6.45, 7) is 16.0. The second kappa shape index (κ2) is 11.2. The standard InChI is InChI=1S/C26H33.2ClH.Zr/c1-8-19-9-10-20-11-23(18(6)7)15-25(20)26(19)24-13-21(16(2)3)12-22(14-24)17(4)5;;;/h9-18H,8H2,1-7H3;2*1H;/q-1;;;+2/p-2. The molecule has 3 aromatic carbocycles. The normalized spacial score (nSPS) is 11.3. The molecule has 0 spiro atoms. The molecule has 0 bridgehead atoms. The average molecular weight is 508 g/mol. The number of benzene rings is 2. The Bertz CT molecular complexity index is 909. The van der Waals surface area contributed by atoms with E-state index in [9.17, 15) is 0 Å². The molecule has 0 saturated carbocycles. The number of halogens is 2. The van der Waals surface area contributed by atoms with Crippen LogP contribution in [-0.4, -0.2) is 0 Å². The minimum atomic E-state index is -0.826. The van der Waals surface area contributed by atoms with Crippen molar-refractivity contribution < 1.29 is 20.8 Å². The molecule has 0 aliphatic carbocycles. The van der Waals surface area contributed by atoms with Crippen LogP contribution in [0.5, 0.6) is 0 Å². The quantitative estimate of drug-likeness (QED) is 0.302. The molecule has 29 heavy (non-hydrogen) atoms. The van der Waals surface area contributed by atoms with Crippen LogP contribution in [0.4, 0.5) is 0 Å². The van der Waals surface area contributed by atoms with E-state index in [1.807, 2.05) is 0 Å². The first-order valence-corrected chi connectivity index (χ1v) is 16.9. The molecule has 0 nitrogen and oxygen atoms in total. The number of aryl methyl sites for hydroxylation is 1. The van der Waals surface area contributed by atoms with E-state index < -0.39 is 20.8 Å². The molecule has 0 unspecified atom stereocenters. The molecule has 0 aliphatic rings. The Morgan fingerprint density at radius 3 is 1.83 bits per heavy atom. The molecule has 0 amide bonds. The van der Waals surface area contributed by atoms with E-state index in [1.54, 1.807) is 0 Å². The van der Waals surface area contributed by atoms with Crippen molar-refractivity contribution >= 4 is 27.8 Å². The fourth-order valence-corrected chi connectivity index (χ4v) is 3.81. The fraction of sp³-hybridized carbons (Fsp3) is 0.423. The van der Waals surface area contributed by atoms with Crippen LogP contribution in [-0.2, 0) is 27.3 Å². The molecule has 0 N–H and O–H groups in total. The molecule has 0 atom stereocenters. The van der Waals surface area contributed by atoms with Crippen LogP contribution < -0.4 is 0 Å². The zero-order valence-corrected chi connectivity index (χ0v) is 22.7. The van der Waals surface area contributed by atoms with E-state index in [2.05, 4.69) is 90.9 Å². The molecule has 156 valence electrons. The van der Waals surface area contributed by atoms with Crippen LogP contribution in [0.25, 0.3) is 21.9 Å². The Balaban J connectivity index is 0.000000941. The van der Waals surface area contributed by atoms with Crippen molar-refractivity contribution in [2.75, 3.05) is 0 Å². The van der Waals surface area contributed by atoms with Crippen LogP contribution in [0.15, 0.2) is 42.5 Å². The zero-order chi connectivity index (χ0) is 21.7. The molecule has 0 heterocycles. The predicted octanol–water partition coefficient (Wildman–Crippen LogP) is 9.53. The van der Waals surface area contributed by atoms with Gasteiger partial charge < -0.3 is 0 Å². The summed E-state index contributed by atoms with van der Waals surface area (Å²) in [6.07, 6.45) is 1.07. The molecular weight excluding hydrogens is 474 g/mol. The minimum absolute atomic E-state index is 0.544. The second-order valence-corrected chi connectivity index (χ2v) is 12.4. The van der Waals surface area contributed by atoms with Gasteiger partial charge in [-0.05, 0) is 40.9 Å². The molecule has 3 aromatic rings. The summed E-state index contributed by atoms with van der Waals surface area (Å²) < 4.78 is 0. The van der Waals surface area contributed by atoms with Crippen molar-refractivity contribution in [2.45, 2.75) is 72.6 Å². The van der Waals surface area contributed by atoms with Gasteiger partial charge in [0.25, 0.3) is 0 Å². The van der Waals surface area contributed by atoms with Gasteiger partial charge in [0.1, 0.15) is 0 Å². The zero-order valence-electron chi connectivity index (χ0n) is 18.7. The summed E-state index contributed by atoms with van der Waals surface area (Å²) in [5.74, 6) is 1.65. The predicted molar refractivity (Wildman–Crippen MR) is 128 cm³/mol. The molecule has 0 fully saturated rings. The van der Waals surface area contributed by atoms with Gasteiger partial charge in [0.05, 0.1) is 0 Å². The first-order chi connectivity index (χ1) is 13.7. The van der Waals surface area contributed by atoms with E-state index in [-0.39, 0.29) is 0 Å².